The molecule has 0 radical (unpaired) electrons. The first kappa shape index (κ1) is 24.5. The number of esters is 1. The van der Waals surface area contributed by atoms with Crippen molar-refractivity contribution >= 4 is 18.0 Å². The molecule has 2 amide bonds. The first-order chi connectivity index (χ1) is 13.7. The van der Waals surface area contributed by atoms with Crippen molar-refractivity contribution in [2.75, 3.05) is 6.54 Å². The first-order valence-corrected chi connectivity index (χ1v) is 11.2. The first-order valence-electron chi connectivity index (χ1n) is 11.2. The zero-order valence-corrected chi connectivity index (χ0v) is 19.7. The van der Waals surface area contributed by atoms with Gasteiger partial charge in [0.2, 0.25) is 5.91 Å². The van der Waals surface area contributed by atoms with Crippen LogP contribution in [0.1, 0.15) is 87.0 Å². The Kier molecular flexibility index (Phi) is 7.46. The summed E-state index contributed by atoms with van der Waals surface area (Å²) in [6.45, 7) is 13.9. The smallest absolute Gasteiger partial charge is 0.407 e. The summed E-state index contributed by atoms with van der Waals surface area (Å²) >= 11 is 0. The van der Waals surface area contributed by atoms with Gasteiger partial charge in [-0.3, -0.25) is 9.59 Å². The number of ether oxygens (including phenoxy) is 1. The fourth-order valence-corrected chi connectivity index (χ4v) is 4.72. The third-order valence-corrected chi connectivity index (χ3v) is 6.30. The molecular formula is C23H40N2O5. The van der Waals surface area contributed by atoms with Gasteiger partial charge in [-0.25, -0.2) is 4.79 Å². The summed E-state index contributed by atoms with van der Waals surface area (Å²) in [5.74, 6) is -0.475. The third kappa shape index (κ3) is 6.35. The second-order valence-electron chi connectivity index (χ2n) is 11.1. The molecule has 1 aliphatic heterocycles. The second-order valence-corrected chi connectivity index (χ2v) is 11.1. The fraction of sp³-hybridized carbons (Fsp3) is 0.870. The SMILES string of the molecule is CC(C)C(=O)N(C1CCC(C)(C)CC1)[C@H]1CC(CC(=O)OC(C)(C)C)N(C(=O)O)C1. The molecule has 0 aromatic heterocycles. The van der Waals surface area contributed by atoms with Crippen LogP contribution in [0, 0.1) is 11.3 Å². The summed E-state index contributed by atoms with van der Waals surface area (Å²) in [4.78, 5) is 40.7. The van der Waals surface area contributed by atoms with Crippen LogP contribution in [0.3, 0.4) is 0 Å². The Morgan fingerprint density at radius 3 is 2.17 bits per heavy atom. The molecule has 1 unspecified atom stereocenters. The molecule has 1 aliphatic carbocycles. The van der Waals surface area contributed by atoms with Crippen LogP contribution in [0.15, 0.2) is 0 Å². The van der Waals surface area contributed by atoms with Gasteiger partial charge in [-0.2, -0.15) is 0 Å². The van der Waals surface area contributed by atoms with Gasteiger partial charge in [-0.1, -0.05) is 27.7 Å². The van der Waals surface area contributed by atoms with E-state index < -0.39 is 23.7 Å². The summed E-state index contributed by atoms with van der Waals surface area (Å²) in [6, 6.07) is -0.534. The predicted octanol–water partition coefficient (Wildman–Crippen LogP) is 4.29. The van der Waals surface area contributed by atoms with Crippen molar-refractivity contribution in [1.29, 1.82) is 0 Å². The summed E-state index contributed by atoms with van der Waals surface area (Å²) in [5.41, 5.74) is -0.331. The molecule has 0 spiro atoms. The van der Waals surface area contributed by atoms with E-state index in [1.165, 1.54) is 4.90 Å². The van der Waals surface area contributed by atoms with Crippen LogP contribution < -0.4 is 0 Å². The Morgan fingerprint density at radius 1 is 1.13 bits per heavy atom. The van der Waals surface area contributed by atoms with Crippen LogP contribution in [0.5, 0.6) is 0 Å². The van der Waals surface area contributed by atoms with E-state index in [-0.39, 0.29) is 42.3 Å². The molecule has 1 N–H and O–H groups in total. The number of hydrogen-bond donors (Lipinski definition) is 1. The lowest BCUT2D eigenvalue weighted by Crippen LogP contribution is -2.51. The van der Waals surface area contributed by atoms with Crippen molar-refractivity contribution in [2.45, 2.75) is 111 Å². The van der Waals surface area contributed by atoms with E-state index in [2.05, 4.69) is 13.8 Å². The van der Waals surface area contributed by atoms with E-state index >= 15 is 0 Å². The summed E-state index contributed by atoms with van der Waals surface area (Å²) in [7, 11) is 0. The van der Waals surface area contributed by atoms with E-state index in [9.17, 15) is 19.5 Å². The molecule has 30 heavy (non-hydrogen) atoms. The Hall–Kier alpha value is -1.79. The van der Waals surface area contributed by atoms with Crippen LogP contribution in [0.25, 0.3) is 0 Å². The van der Waals surface area contributed by atoms with E-state index in [1.54, 1.807) is 20.8 Å². The molecule has 1 saturated heterocycles. The number of hydrogen-bond acceptors (Lipinski definition) is 4. The van der Waals surface area contributed by atoms with Gasteiger partial charge in [-0.15, -0.1) is 0 Å². The normalized spacial score (nSPS) is 24.7. The van der Waals surface area contributed by atoms with Crippen LogP contribution in [-0.2, 0) is 14.3 Å². The minimum Gasteiger partial charge on any atom is -0.465 e. The lowest BCUT2D eigenvalue weighted by Gasteiger charge is -2.43. The summed E-state index contributed by atoms with van der Waals surface area (Å²) < 4.78 is 5.41. The lowest BCUT2D eigenvalue weighted by molar-refractivity contribution is -0.155. The molecule has 1 saturated carbocycles. The standard InChI is InChI=1S/C23H40N2O5/c1-15(2)20(27)25(16-8-10-23(6,7)11-9-16)18-12-17(24(14-18)21(28)29)13-19(26)30-22(3,4)5/h15-18H,8-14H2,1-7H3,(H,28,29)/t17?,18-/m0/s1. The zero-order valence-electron chi connectivity index (χ0n) is 19.7. The fourth-order valence-electron chi connectivity index (χ4n) is 4.72. The molecule has 2 atom stereocenters. The number of likely N-dealkylation sites (tertiary alicyclic amines) is 1. The maximum Gasteiger partial charge on any atom is 0.407 e. The highest BCUT2D eigenvalue weighted by molar-refractivity contribution is 5.79. The number of nitrogens with zero attached hydrogens (tertiary/aromatic N) is 2. The largest absolute Gasteiger partial charge is 0.465 e. The van der Waals surface area contributed by atoms with E-state index in [0.29, 0.717) is 6.42 Å². The minimum absolute atomic E-state index is 0.0154. The highest BCUT2D eigenvalue weighted by atomic mass is 16.6. The quantitative estimate of drug-likeness (QED) is 0.665. The third-order valence-electron chi connectivity index (χ3n) is 6.30. The van der Waals surface area contributed by atoms with Crippen molar-refractivity contribution in [3.8, 4) is 0 Å². The van der Waals surface area contributed by atoms with E-state index in [1.807, 2.05) is 18.7 Å². The Balaban J connectivity index is 2.19. The molecule has 0 aromatic carbocycles. The minimum atomic E-state index is -1.05. The highest BCUT2D eigenvalue weighted by Crippen LogP contribution is 2.39. The number of carbonyl (C=O) groups is 3. The number of carbonyl (C=O) groups excluding carboxylic acids is 2. The van der Waals surface area contributed by atoms with Gasteiger partial charge in [0.05, 0.1) is 12.5 Å². The van der Waals surface area contributed by atoms with Crippen LogP contribution in [0.4, 0.5) is 4.79 Å². The van der Waals surface area contributed by atoms with Gasteiger partial charge in [0.15, 0.2) is 0 Å². The Labute approximate surface area is 181 Å². The molecule has 172 valence electrons. The molecule has 7 heteroatoms. The molecule has 0 bridgehead atoms. The summed E-state index contributed by atoms with van der Waals surface area (Å²) in [5, 5.41) is 9.73. The second kappa shape index (κ2) is 9.15. The van der Waals surface area contributed by atoms with Gasteiger partial charge in [0.1, 0.15) is 5.60 Å². The average molecular weight is 425 g/mol. The highest BCUT2D eigenvalue weighted by Gasteiger charge is 2.44. The Bertz CT molecular complexity index is 642. The average Bonchev–Trinajstić information content (AvgIpc) is 2.98. The van der Waals surface area contributed by atoms with Crippen LogP contribution in [-0.4, -0.2) is 63.1 Å². The molecule has 2 fully saturated rings. The van der Waals surface area contributed by atoms with Crippen molar-refractivity contribution in [3.63, 3.8) is 0 Å². The topological polar surface area (TPSA) is 87.2 Å². The van der Waals surface area contributed by atoms with Crippen LogP contribution >= 0.6 is 0 Å². The Morgan fingerprint density at radius 2 is 1.70 bits per heavy atom. The number of amides is 2. The van der Waals surface area contributed by atoms with E-state index in [0.717, 1.165) is 25.7 Å². The number of rotatable bonds is 5. The molecule has 7 nitrogen and oxygen atoms in total. The molecular weight excluding hydrogens is 384 g/mol. The molecule has 0 aromatic rings. The molecule has 1 heterocycles. The van der Waals surface area contributed by atoms with E-state index in [4.69, 9.17) is 4.74 Å². The van der Waals surface area contributed by atoms with Crippen molar-refractivity contribution in [3.05, 3.63) is 0 Å². The maximum absolute atomic E-state index is 13.2. The van der Waals surface area contributed by atoms with Crippen molar-refractivity contribution < 1.29 is 24.2 Å². The van der Waals surface area contributed by atoms with Crippen molar-refractivity contribution in [1.82, 2.24) is 9.80 Å². The van der Waals surface area contributed by atoms with Gasteiger partial charge in [-0.05, 0) is 58.3 Å². The van der Waals surface area contributed by atoms with Gasteiger partial charge in [0.25, 0.3) is 0 Å². The lowest BCUT2D eigenvalue weighted by atomic mass is 9.75. The van der Waals surface area contributed by atoms with Gasteiger partial charge >= 0.3 is 12.1 Å². The summed E-state index contributed by atoms with van der Waals surface area (Å²) in [6.07, 6.45) is 3.42. The van der Waals surface area contributed by atoms with Gasteiger partial charge < -0.3 is 19.6 Å². The van der Waals surface area contributed by atoms with Gasteiger partial charge in [0, 0.05) is 24.5 Å². The van der Waals surface area contributed by atoms with Crippen LogP contribution in [0.2, 0.25) is 0 Å². The zero-order chi connectivity index (χ0) is 22.9. The predicted molar refractivity (Wildman–Crippen MR) is 115 cm³/mol. The number of carboxylic acid groups (broad SMARTS) is 1. The maximum atomic E-state index is 13.2. The van der Waals surface area contributed by atoms with Crippen molar-refractivity contribution in [2.24, 2.45) is 11.3 Å². The molecule has 2 rings (SSSR count). The molecule has 2 aliphatic rings. The monoisotopic (exact) mass is 424 g/mol.